The number of benzene rings is 1. The minimum absolute atomic E-state index is 0.0847. The fourth-order valence-electron chi connectivity index (χ4n) is 1.46. The van der Waals surface area contributed by atoms with Gasteiger partial charge < -0.3 is 0 Å². The molecule has 2 N–H and O–H groups in total. The number of rotatable bonds is 3. The molecule has 0 radical (unpaired) electrons. The summed E-state index contributed by atoms with van der Waals surface area (Å²) >= 11 is 5.80. The van der Waals surface area contributed by atoms with Crippen molar-refractivity contribution in [3.63, 3.8) is 0 Å². The van der Waals surface area contributed by atoms with Crippen LogP contribution in [-0.2, 0) is 16.0 Å². The summed E-state index contributed by atoms with van der Waals surface area (Å²) < 4.78 is 0. The molecular formula is C12H13ClN2O2. The van der Waals surface area contributed by atoms with E-state index in [2.05, 4.69) is 10.9 Å². The monoisotopic (exact) mass is 252 g/mol. The molecule has 4 nitrogen and oxygen atoms in total. The van der Waals surface area contributed by atoms with Gasteiger partial charge in [0.25, 0.3) is 0 Å². The van der Waals surface area contributed by atoms with Crippen molar-refractivity contribution in [1.29, 1.82) is 0 Å². The number of carbonyl (C=O) groups excluding carboxylic acids is 2. The zero-order chi connectivity index (χ0) is 12.3. The first-order chi connectivity index (χ1) is 8.15. The Morgan fingerprint density at radius 3 is 2.71 bits per heavy atom. The molecule has 0 spiro atoms. The highest BCUT2D eigenvalue weighted by molar-refractivity contribution is 6.30. The van der Waals surface area contributed by atoms with Gasteiger partial charge in [0, 0.05) is 10.9 Å². The highest BCUT2D eigenvalue weighted by Crippen LogP contribution is 2.28. The van der Waals surface area contributed by atoms with Gasteiger partial charge in [-0.15, -0.1) is 0 Å². The van der Waals surface area contributed by atoms with Gasteiger partial charge in [0.15, 0.2) is 0 Å². The molecule has 2 rings (SSSR count). The molecule has 0 unspecified atom stereocenters. The first kappa shape index (κ1) is 11.9. The summed E-state index contributed by atoms with van der Waals surface area (Å²) in [5.41, 5.74) is 5.61. The number of nitrogens with one attached hydrogen (secondary N) is 2. The van der Waals surface area contributed by atoms with Crippen LogP contribution in [0.4, 0.5) is 0 Å². The van der Waals surface area contributed by atoms with Gasteiger partial charge in [-0.05, 0) is 30.5 Å². The van der Waals surface area contributed by atoms with Crippen molar-refractivity contribution in [3.05, 3.63) is 34.9 Å². The Balaban J connectivity index is 1.78. The Labute approximate surface area is 104 Å². The second kappa shape index (κ2) is 5.19. The topological polar surface area (TPSA) is 58.2 Å². The molecular weight excluding hydrogens is 240 g/mol. The van der Waals surface area contributed by atoms with Gasteiger partial charge in [-0.1, -0.05) is 23.7 Å². The maximum Gasteiger partial charge on any atom is 0.242 e. The predicted octanol–water partition coefficient (Wildman–Crippen LogP) is 1.44. The summed E-state index contributed by atoms with van der Waals surface area (Å²) in [6.07, 6.45) is 2.03. The molecule has 5 heteroatoms. The van der Waals surface area contributed by atoms with Gasteiger partial charge in [0.05, 0.1) is 6.42 Å². The number of amides is 2. The molecule has 90 valence electrons. The van der Waals surface area contributed by atoms with Crippen LogP contribution in [0.1, 0.15) is 18.4 Å². The SMILES string of the molecule is O=C(Cc1cccc(Cl)c1)NNC(=O)C1CC1. The zero-order valence-electron chi connectivity index (χ0n) is 9.20. The predicted molar refractivity (Wildman–Crippen MR) is 64.2 cm³/mol. The third kappa shape index (κ3) is 3.75. The second-order valence-corrected chi connectivity index (χ2v) is 4.55. The largest absolute Gasteiger partial charge is 0.273 e. The Bertz CT molecular complexity index is 444. The molecule has 0 heterocycles. The van der Waals surface area contributed by atoms with Crippen LogP contribution in [0.5, 0.6) is 0 Å². The number of hydrogen-bond donors (Lipinski definition) is 2. The van der Waals surface area contributed by atoms with Gasteiger partial charge in [0.2, 0.25) is 11.8 Å². The molecule has 0 aromatic heterocycles. The third-order valence-corrected chi connectivity index (χ3v) is 2.76. The van der Waals surface area contributed by atoms with E-state index in [1.807, 2.05) is 6.07 Å². The van der Waals surface area contributed by atoms with Crippen molar-refractivity contribution in [2.45, 2.75) is 19.3 Å². The maximum absolute atomic E-state index is 11.5. The van der Waals surface area contributed by atoms with Crippen molar-refractivity contribution in [2.24, 2.45) is 5.92 Å². The van der Waals surface area contributed by atoms with Gasteiger partial charge in [-0.25, -0.2) is 0 Å². The van der Waals surface area contributed by atoms with Crippen molar-refractivity contribution < 1.29 is 9.59 Å². The molecule has 0 bridgehead atoms. The quantitative estimate of drug-likeness (QED) is 0.800. The Morgan fingerprint density at radius 1 is 1.29 bits per heavy atom. The van der Waals surface area contributed by atoms with Gasteiger partial charge in [0.1, 0.15) is 0 Å². The fourth-order valence-corrected chi connectivity index (χ4v) is 1.67. The summed E-state index contributed by atoms with van der Waals surface area (Å²) in [7, 11) is 0. The summed E-state index contributed by atoms with van der Waals surface area (Å²) in [6, 6.07) is 7.07. The van der Waals surface area contributed by atoms with E-state index < -0.39 is 0 Å². The fraction of sp³-hybridized carbons (Fsp3) is 0.333. The van der Waals surface area contributed by atoms with E-state index in [0.29, 0.717) is 5.02 Å². The van der Waals surface area contributed by atoms with E-state index in [1.165, 1.54) is 0 Å². The summed E-state index contributed by atoms with van der Waals surface area (Å²) in [5.74, 6) is -0.271. The first-order valence-electron chi connectivity index (χ1n) is 5.48. The number of carbonyl (C=O) groups is 2. The Hall–Kier alpha value is -1.55. The number of halogens is 1. The minimum atomic E-state index is -0.249. The van der Waals surface area contributed by atoms with Crippen molar-refractivity contribution in [2.75, 3.05) is 0 Å². The van der Waals surface area contributed by atoms with Crippen LogP contribution in [0.25, 0.3) is 0 Å². The molecule has 1 saturated carbocycles. The molecule has 0 aliphatic heterocycles. The average molecular weight is 253 g/mol. The smallest absolute Gasteiger partial charge is 0.242 e. The average Bonchev–Trinajstić information content (AvgIpc) is 3.09. The van der Waals surface area contributed by atoms with E-state index in [9.17, 15) is 9.59 Å². The van der Waals surface area contributed by atoms with Crippen molar-refractivity contribution in [3.8, 4) is 0 Å². The van der Waals surface area contributed by atoms with E-state index in [0.717, 1.165) is 18.4 Å². The van der Waals surface area contributed by atoms with E-state index >= 15 is 0 Å². The molecule has 1 aromatic rings. The number of hydrazine groups is 1. The standard InChI is InChI=1S/C12H13ClN2O2/c13-10-3-1-2-8(6-10)7-11(16)14-15-12(17)9-4-5-9/h1-3,6,9H,4-5,7H2,(H,14,16)(H,15,17). The highest BCUT2D eigenvalue weighted by Gasteiger charge is 2.29. The van der Waals surface area contributed by atoms with E-state index in [4.69, 9.17) is 11.6 Å². The lowest BCUT2D eigenvalue weighted by molar-refractivity contribution is -0.129. The third-order valence-electron chi connectivity index (χ3n) is 2.53. The summed E-state index contributed by atoms with van der Waals surface area (Å²) in [5, 5.41) is 0.595. The van der Waals surface area contributed by atoms with Crippen molar-refractivity contribution >= 4 is 23.4 Å². The van der Waals surface area contributed by atoms with Gasteiger partial charge in [-0.2, -0.15) is 0 Å². The molecule has 2 amide bonds. The molecule has 1 fully saturated rings. The lowest BCUT2D eigenvalue weighted by atomic mass is 10.1. The first-order valence-corrected chi connectivity index (χ1v) is 5.86. The molecule has 1 aliphatic carbocycles. The van der Waals surface area contributed by atoms with Crippen LogP contribution in [0, 0.1) is 5.92 Å². The second-order valence-electron chi connectivity index (χ2n) is 4.12. The summed E-state index contributed by atoms with van der Waals surface area (Å²) in [4.78, 5) is 22.8. The molecule has 17 heavy (non-hydrogen) atoms. The Kier molecular flexibility index (Phi) is 3.64. The molecule has 0 saturated heterocycles. The molecule has 0 atom stereocenters. The lowest BCUT2D eigenvalue weighted by Gasteiger charge is -2.06. The van der Waals surface area contributed by atoms with Crippen LogP contribution in [0.2, 0.25) is 5.02 Å². The van der Waals surface area contributed by atoms with Crippen LogP contribution in [0.3, 0.4) is 0 Å². The van der Waals surface area contributed by atoms with E-state index in [1.54, 1.807) is 18.2 Å². The zero-order valence-corrected chi connectivity index (χ0v) is 9.96. The van der Waals surface area contributed by atoms with Gasteiger partial charge in [-0.3, -0.25) is 20.4 Å². The normalized spacial score (nSPS) is 14.2. The van der Waals surface area contributed by atoms with Crippen LogP contribution in [-0.4, -0.2) is 11.8 Å². The van der Waals surface area contributed by atoms with E-state index in [-0.39, 0.29) is 24.2 Å². The van der Waals surface area contributed by atoms with Crippen LogP contribution < -0.4 is 10.9 Å². The number of hydrogen-bond acceptors (Lipinski definition) is 2. The summed E-state index contributed by atoms with van der Waals surface area (Å²) in [6.45, 7) is 0. The lowest BCUT2D eigenvalue weighted by Crippen LogP contribution is -2.43. The highest BCUT2D eigenvalue weighted by atomic mass is 35.5. The van der Waals surface area contributed by atoms with Crippen molar-refractivity contribution in [1.82, 2.24) is 10.9 Å². The molecule has 1 aromatic carbocycles. The maximum atomic E-state index is 11.5. The van der Waals surface area contributed by atoms with Crippen LogP contribution in [0.15, 0.2) is 24.3 Å². The van der Waals surface area contributed by atoms with Crippen LogP contribution >= 0.6 is 11.6 Å². The molecule has 1 aliphatic rings. The minimum Gasteiger partial charge on any atom is -0.273 e. The Morgan fingerprint density at radius 2 is 2.06 bits per heavy atom. The van der Waals surface area contributed by atoms with Gasteiger partial charge >= 0.3 is 0 Å².